The van der Waals surface area contributed by atoms with Gasteiger partial charge in [0.05, 0.1) is 18.8 Å². The maximum Gasteiger partial charge on any atom is 0.338 e. The maximum absolute atomic E-state index is 13.9. The smallest absolute Gasteiger partial charge is 0.338 e. The molecule has 0 saturated heterocycles. The van der Waals surface area contributed by atoms with Crippen molar-refractivity contribution in [1.29, 1.82) is 0 Å². The van der Waals surface area contributed by atoms with Gasteiger partial charge in [-0.1, -0.05) is 66.7 Å². The minimum atomic E-state index is -1.44. The van der Waals surface area contributed by atoms with Crippen LogP contribution in [0.3, 0.4) is 0 Å². The van der Waals surface area contributed by atoms with Gasteiger partial charge in [0.25, 0.3) is 0 Å². The molecule has 0 aromatic heterocycles. The second-order valence-corrected chi connectivity index (χ2v) is 15.8. The molecule has 0 fully saturated rings. The Hall–Kier alpha value is -1.85. The van der Waals surface area contributed by atoms with E-state index in [0.29, 0.717) is 5.56 Å². The predicted octanol–water partition coefficient (Wildman–Crippen LogP) is 8.21. The summed E-state index contributed by atoms with van der Waals surface area (Å²) in [5.41, 5.74) is 5.49. The van der Waals surface area contributed by atoms with Crippen molar-refractivity contribution in [2.75, 3.05) is 19.6 Å². The molecule has 0 aliphatic heterocycles. The van der Waals surface area contributed by atoms with Crippen LogP contribution in [0.2, 0.25) is 0 Å². The van der Waals surface area contributed by atoms with E-state index in [0.717, 1.165) is 35.1 Å². The maximum atomic E-state index is 13.9. The molecule has 0 radical (unpaired) electrons. The largest absolute Gasteiger partial charge is 0.465 e. The highest BCUT2D eigenvalue weighted by Gasteiger charge is 2.41. The first-order chi connectivity index (χ1) is 15.6. The normalized spacial score (nSPS) is 18.5. The van der Waals surface area contributed by atoms with Crippen molar-refractivity contribution in [3.63, 3.8) is 0 Å². The number of hydrogen-bond acceptors (Lipinski definition) is 3. The summed E-state index contributed by atoms with van der Waals surface area (Å²) in [7, 11) is -0.0163. The number of carbonyl (C=O) groups is 1. The van der Waals surface area contributed by atoms with Gasteiger partial charge in [-0.3, -0.25) is 0 Å². The molecule has 5 heteroatoms. The van der Waals surface area contributed by atoms with Crippen molar-refractivity contribution in [3.8, 4) is 11.1 Å². The van der Waals surface area contributed by atoms with Crippen LogP contribution in [-0.4, -0.2) is 30.3 Å². The number of carbonyl (C=O) groups excluding carboxylic acids is 1. The van der Waals surface area contributed by atoms with Gasteiger partial charge in [-0.25, -0.2) is 9.18 Å². The lowest BCUT2D eigenvalue weighted by atomic mass is 9.69. The molecule has 0 spiro atoms. The molecule has 2 aromatic rings. The minimum absolute atomic E-state index is 0.00611. The Kier molecular flexibility index (Phi) is 7.32. The van der Waals surface area contributed by atoms with Gasteiger partial charge >= 0.3 is 5.97 Å². The molecule has 2 aromatic carbocycles. The third-order valence-electron chi connectivity index (χ3n) is 7.19. The second-order valence-electron chi connectivity index (χ2n) is 11.9. The number of ether oxygens (including phenoxy) is 1. The number of esters is 1. The summed E-state index contributed by atoms with van der Waals surface area (Å²) in [5.74, 6) is -0.541. The number of benzene rings is 2. The zero-order chi connectivity index (χ0) is 25.6. The highest BCUT2D eigenvalue weighted by molar-refractivity contribution is 8.29. The highest BCUT2D eigenvalue weighted by atomic mass is 32.3. The van der Waals surface area contributed by atoms with Gasteiger partial charge in [0.1, 0.15) is 5.82 Å². The van der Waals surface area contributed by atoms with Crippen LogP contribution >= 0.6 is 10.3 Å². The molecule has 188 valence electrons. The number of methoxy groups -OCH3 is 1. The Labute approximate surface area is 207 Å². The molecule has 0 heterocycles. The van der Waals surface area contributed by atoms with E-state index in [1.165, 1.54) is 24.8 Å². The van der Waals surface area contributed by atoms with Crippen molar-refractivity contribution < 1.29 is 18.1 Å². The Bertz CT molecular complexity index is 1060. The molecule has 34 heavy (non-hydrogen) atoms. The quantitative estimate of drug-likeness (QED) is 0.398. The van der Waals surface area contributed by atoms with Crippen molar-refractivity contribution >= 4 is 16.3 Å². The van der Waals surface area contributed by atoms with Crippen molar-refractivity contribution in [2.45, 2.75) is 78.1 Å². The van der Waals surface area contributed by atoms with E-state index in [-0.39, 0.29) is 34.0 Å². The van der Waals surface area contributed by atoms with Crippen molar-refractivity contribution in [1.82, 2.24) is 0 Å². The lowest BCUT2D eigenvalue weighted by molar-refractivity contribution is 0.0599. The number of rotatable bonds is 5. The SMILES string of the molecule is COC(=O)c1c(C(C)C)cc2c(c1-c1ccc(F)cc1)C(OS(C)(C)C(C)(C)C)CC(C)(C)C2. The molecule has 1 aliphatic rings. The van der Waals surface area contributed by atoms with E-state index < -0.39 is 10.3 Å². The van der Waals surface area contributed by atoms with E-state index in [1.807, 2.05) is 0 Å². The molecular formula is C29H41FO3S. The number of halogens is 1. The topological polar surface area (TPSA) is 35.5 Å². The lowest BCUT2D eigenvalue weighted by Gasteiger charge is -2.49. The van der Waals surface area contributed by atoms with Gasteiger partial charge in [-0.15, -0.1) is 10.3 Å². The Morgan fingerprint density at radius 3 is 2.24 bits per heavy atom. The average Bonchev–Trinajstić information content (AvgIpc) is 2.70. The highest BCUT2D eigenvalue weighted by Crippen LogP contribution is 2.60. The zero-order valence-electron chi connectivity index (χ0n) is 22.5. The van der Waals surface area contributed by atoms with E-state index in [4.69, 9.17) is 8.92 Å². The fourth-order valence-electron chi connectivity index (χ4n) is 4.69. The summed E-state index contributed by atoms with van der Waals surface area (Å²) in [6.45, 7) is 15.4. The van der Waals surface area contributed by atoms with E-state index in [1.54, 1.807) is 12.1 Å². The van der Waals surface area contributed by atoms with Gasteiger partial charge in [0.2, 0.25) is 0 Å². The van der Waals surface area contributed by atoms with Crippen LogP contribution in [0, 0.1) is 11.2 Å². The Morgan fingerprint density at radius 1 is 1.15 bits per heavy atom. The summed E-state index contributed by atoms with van der Waals surface area (Å²) < 4.78 is 26.2. The molecule has 1 unspecified atom stereocenters. The lowest BCUT2D eigenvalue weighted by Crippen LogP contribution is -2.32. The second kappa shape index (κ2) is 9.31. The van der Waals surface area contributed by atoms with Crippen molar-refractivity contribution in [2.24, 2.45) is 5.41 Å². The molecule has 0 amide bonds. The summed E-state index contributed by atoms with van der Waals surface area (Å²) in [6, 6.07) is 8.63. The summed E-state index contributed by atoms with van der Waals surface area (Å²) >= 11 is 0. The summed E-state index contributed by atoms with van der Waals surface area (Å²) in [6.07, 6.45) is 6.00. The Morgan fingerprint density at radius 2 is 1.74 bits per heavy atom. The molecule has 1 aliphatic carbocycles. The molecule has 3 rings (SSSR count). The molecule has 1 atom stereocenters. The van der Waals surface area contributed by atoms with Gasteiger partial charge in [0, 0.05) is 10.3 Å². The first-order valence-corrected chi connectivity index (χ1v) is 14.4. The molecular weight excluding hydrogens is 447 g/mol. The van der Waals surface area contributed by atoms with Gasteiger partial charge in [-0.05, 0) is 71.1 Å². The third kappa shape index (κ3) is 5.21. The van der Waals surface area contributed by atoms with Gasteiger partial charge in [0.15, 0.2) is 0 Å². The van der Waals surface area contributed by atoms with Crippen molar-refractivity contribution in [3.05, 3.63) is 58.4 Å². The standard InChI is InChI=1S/C29H41FO3S/c1-18(2)22-15-20-16-29(6,7)17-23(33-34(9,10)28(3,4)5)24(20)25(26(22)27(31)32-8)19-11-13-21(30)14-12-19/h11-15,18,23H,16-17H2,1-10H3. The molecule has 0 N–H and O–H groups in total. The van der Waals surface area contributed by atoms with E-state index in [2.05, 4.69) is 67.0 Å². The van der Waals surface area contributed by atoms with E-state index in [9.17, 15) is 9.18 Å². The van der Waals surface area contributed by atoms with Crippen LogP contribution < -0.4 is 0 Å². The van der Waals surface area contributed by atoms with Crippen LogP contribution in [0.25, 0.3) is 11.1 Å². The molecule has 0 bridgehead atoms. The summed E-state index contributed by atoms with van der Waals surface area (Å²) in [5, 5.41) is 0. The van der Waals surface area contributed by atoms with E-state index >= 15 is 0 Å². The average molecular weight is 489 g/mol. The van der Waals surface area contributed by atoms with Gasteiger partial charge < -0.3 is 8.92 Å². The van der Waals surface area contributed by atoms with Crippen LogP contribution in [0.4, 0.5) is 4.39 Å². The summed E-state index contributed by atoms with van der Waals surface area (Å²) in [4.78, 5) is 13.2. The van der Waals surface area contributed by atoms with Crippen LogP contribution in [0.15, 0.2) is 30.3 Å². The minimum Gasteiger partial charge on any atom is -0.465 e. The van der Waals surface area contributed by atoms with Gasteiger partial charge in [-0.2, -0.15) is 0 Å². The van der Waals surface area contributed by atoms with Crippen LogP contribution in [0.5, 0.6) is 0 Å². The monoisotopic (exact) mass is 488 g/mol. The fourth-order valence-corrected chi connectivity index (χ4v) is 5.73. The molecule has 3 nitrogen and oxygen atoms in total. The Balaban J connectivity index is 2.41. The van der Waals surface area contributed by atoms with Crippen LogP contribution in [-0.2, 0) is 15.3 Å². The number of fused-ring (bicyclic) bond motifs is 1. The van der Waals surface area contributed by atoms with Crippen LogP contribution in [0.1, 0.15) is 94.0 Å². The molecule has 0 saturated carbocycles. The third-order valence-corrected chi connectivity index (χ3v) is 10.9. The zero-order valence-corrected chi connectivity index (χ0v) is 23.3. The fraction of sp³-hybridized carbons (Fsp3) is 0.552. The first kappa shape index (κ1) is 26.7. The number of hydrogen-bond donors (Lipinski definition) is 0. The first-order valence-electron chi connectivity index (χ1n) is 12.0. The predicted molar refractivity (Wildman–Crippen MR) is 142 cm³/mol.